The molecule has 7 amide bonds. The molecule has 0 radical (unpaired) electrons. The first-order valence-electron chi connectivity index (χ1n) is 18.4. The van der Waals surface area contributed by atoms with Crippen molar-refractivity contribution in [2.75, 3.05) is 13.1 Å². The van der Waals surface area contributed by atoms with Crippen LogP contribution < -0.4 is 32.3 Å². The van der Waals surface area contributed by atoms with Gasteiger partial charge in [0.25, 0.3) is 0 Å². The molecule has 23 nitrogen and oxygen atoms in total. The maximum atomic E-state index is 13.8. The minimum atomic E-state index is -1.83. The Morgan fingerprint density at radius 2 is 1.07 bits per heavy atom. The van der Waals surface area contributed by atoms with Gasteiger partial charge in [-0.05, 0) is 52.4 Å². The number of likely N-dealkylation sites (tertiary alicyclic amines) is 2. The highest BCUT2D eigenvalue weighted by molar-refractivity contribution is 5.98. The van der Waals surface area contributed by atoms with Crippen molar-refractivity contribution in [2.45, 2.75) is 134 Å². The molecule has 2 rings (SSSR count). The highest BCUT2D eigenvalue weighted by atomic mass is 16.4. The lowest BCUT2D eigenvalue weighted by Crippen LogP contribution is -2.62. The second-order valence-electron chi connectivity index (χ2n) is 14.5. The van der Waals surface area contributed by atoms with Gasteiger partial charge in [0.1, 0.15) is 36.3 Å². The summed E-state index contributed by atoms with van der Waals surface area (Å²) in [5.74, 6) is -11.4. The minimum Gasteiger partial charge on any atom is -0.481 e. The summed E-state index contributed by atoms with van der Waals surface area (Å²) in [6, 6.07) is -11.6. The molecule has 0 bridgehead atoms. The monoisotopic (exact) mass is 814 g/mol. The lowest BCUT2D eigenvalue weighted by molar-refractivity contribution is -0.147. The Balaban J connectivity index is 2.19. The van der Waals surface area contributed by atoms with Crippen molar-refractivity contribution in [3.8, 4) is 0 Å². The highest BCUT2D eigenvalue weighted by Crippen LogP contribution is 2.22. The summed E-state index contributed by atoms with van der Waals surface area (Å²) in [6.07, 6.45) is -3.90. The first kappa shape index (κ1) is 47.7. The van der Waals surface area contributed by atoms with Gasteiger partial charge in [-0.2, -0.15) is 0 Å². The Bertz CT molecular complexity index is 1560. The molecule has 2 saturated heterocycles. The minimum absolute atomic E-state index is 0.0314. The second-order valence-corrected chi connectivity index (χ2v) is 14.5. The van der Waals surface area contributed by atoms with Crippen molar-refractivity contribution >= 4 is 59.3 Å². The van der Waals surface area contributed by atoms with Gasteiger partial charge in [-0.25, -0.2) is 4.79 Å². The van der Waals surface area contributed by atoms with E-state index in [1.807, 2.05) is 5.32 Å². The van der Waals surface area contributed by atoms with E-state index in [9.17, 15) is 68.4 Å². The van der Waals surface area contributed by atoms with Crippen LogP contribution in [-0.4, -0.2) is 168 Å². The van der Waals surface area contributed by atoms with Crippen LogP contribution >= 0.6 is 0 Å². The summed E-state index contributed by atoms with van der Waals surface area (Å²) in [5, 5.41) is 59.4. The van der Waals surface area contributed by atoms with E-state index < -0.39 is 139 Å². The van der Waals surface area contributed by atoms with Gasteiger partial charge in [0.2, 0.25) is 41.4 Å². The third-order valence-electron chi connectivity index (χ3n) is 9.49. The zero-order valence-electron chi connectivity index (χ0n) is 32.3. The predicted molar refractivity (Wildman–Crippen MR) is 193 cm³/mol. The van der Waals surface area contributed by atoms with E-state index in [2.05, 4.69) is 21.3 Å². The second kappa shape index (κ2) is 21.2. The van der Waals surface area contributed by atoms with Crippen LogP contribution in [0.15, 0.2) is 0 Å². The van der Waals surface area contributed by atoms with Gasteiger partial charge in [-0.3, -0.25) is 43.2 Å². The van der Waals surface area contributed by atoms with Crippen molar-refractivity contribution in [3.05, 3.63) is 0 Å². The number of nitrogens with zero attached hydrogens (tertiary/aromatic N) is 2. The number of carboxylic acids is 3. The van der Waals surface area contributed by atoms with Gasteiger partial charge in [-0.1, -0.05) is 13.8 Å². The molecule has 0 aromatic carbocycles. The van der Waals surface area contributed by atoms with Gasteiger partial charge >= 0.3 is 17.9 Å². The fourth-order valence-electron chi connectivity index (χ4n) is 6.41. The molecule has 23 heteroatoms. The standard InChI is InChI=1S/C34H54N8O15/c1-14(2)24(38-30(52)21-9-6-10-41(21)32(54)15(3)36-27(49)18(35)12-22(45)46)31(53)39-25(16(4)43)33(55)42-11-7-8-20(42)29(51)37-19(13-23(47)48)28(50)40-26(17(5)44)34(56)57/h14-21,24-26,43-44H,6-13,35H2,1-5H3,(H,36,49)(H,37,51)(H,38,52)(H,39,53)(H,40,50)(H,45,46)(H,47,48)(H,56,57)/t15-,16+,17+,18-,19-,20-,21-,24-,25-,26-/m0/s1. The van der Waals surface area contributed by atoms with E-state index >= 15 is 0 Å². The normalized spacial score (nSPS) is 20.8. The molecule has 12 N–H and O–H groups in total. The van der Waals surface area contributed by atoms with Crippen LogP contribution in [0.2, 0.25) is 0 Å². The van der Waals surface area contributed by atoms with Gasteiger partial charge < -0.3 is 67.7 Å². The van der Waals surface area contributed by atoms with Crippen molar-refractivity contribution in [2.24, 2.45) is 11.7 Å². The summed E-state index contributed by atoms with van der Waals surface area (Å²) >= 11 is 0. The summed E-state index contributed by atoms with van der Waals surface area (Å²) in [5.41, 5.74) is 5.57. The molecule has 57 heavy (non-hydrogen) atoms. The Hall–Kier alpha value is -5.42. The summed E-state index contributed by atoms with van der Waals surface area (Å²) in [7, 11) is 0. The number of nitrogens with two attached hydrogens (primary N) is 1. The molecular formula is C34H54N8O15. The molecule has 0 saturated carbocycles. The average molecular weight is 815 g/mol. The molecule has 0 unspecified atom stereocenters. The van der Waals surface area contributed by atoms with Crippen molar-refractivity contribution in [1.29, 1.82) is 0 Å². The summed E-state index contributed by atoms with van der Waals surface area (Å²) in [4.78, 5) is 129. The molecule has 2 heterocycles. The highest BCUT2D eigenvalue weighted by Gasteiger charge is 2.43. The molecule has 0 aromatic rings. The molecule has 2 fully saturated rings. The fourth-order valence-corrected chi connectivity index (χ4v) is 6.41. The Labute approximate surface area is 327 Å². The lowest BCUT2D eigenvalue weighted by Gasteiger charge is -2.33. The van der Waals surface area contributed by atoms with E-state index in [1.54, 1.807) is 13.8 Å². The molecule has 320 valence electrons. The largest absolute Gasteiger partial charge is 0.481 e. The number of hydrogen-bond donors (Lipinski definition) is 11. The van der Waals surface area contributed by atoms with Crippen LogP contribution in [0.4, 0.5) is 0 Å². The number of aliphatic carboxylic acids is 3. The maximum Gasteiger partial charge on any atom is 0.328 e. The van der Waals surface area contributed by atoms with Gasteiger partial charge in [-0.15, -0.1) is 0 Å². The van der Waals surface area contributed by atoms with Crippen LogP contribution in [0, 0.1) is 5.92 Å². The Kier molecular flexibility index (Phi) is 17.8. The number of nitrogens with one attached hydrogen (secondary N) is 5. The number of amides is 7. The number of aliphatic hydroxyl groups excluding tert-OH is 2. The zero-order chi connectivity index (χ0) is 43.5. The van der Waals surface area contributed by atoms with Crippen LogP contribution in [0.5, 0.6) is 0 Å². The molecule has 2 aliphatic rings. The smallest absolute Gasteiger partial charge is 0.328 e. The number of carbonyl (C=O) groups excluding carboxylic acids is 7. The third kappa shape index (κ3) is 13.3. The van der Waals surface area contributed by atoms with E-state index in [1.165, 1.54) is 18.7 Å². The zero-order valence-corrected chi connectivity index (χ0v) is 32.3. The molecule has 0 aromatic heterocycles. The number of rotatable bonds is 20. The molecule has 0 spiro atoms. The topological polar surface area (TPSA) is 364 Å². The van der Waals surface area contributed by atoms with Crippen molar-refractivity contribution in [1.82, 2.24) is 36.4 Å². The Morgan fingerprint density at radius 1 is 0.596 bits per heavy atom. The van der Waals surface area contributed by atoms with Gasteiger partial charge in [0.05, 0.1) is 31.1 Å². The van der Waals surface area contributed by atoms with Crippen molar-refractivity contribution in [3.63, 3.8) is 0 Å². The maximum absolute atomic E-state index is 13.8. The number of hydrogen-bond acceptors (Lipinski definition) is 13. The molecule has 10 atom stereocenters. The van der Waals surface area contributed by atoms with E-state index in [0.717, 1.165) is 11.8 Å². The van der Waals surface area contributed by atoms with Crippen LogP contribution in [0.25, 0.3) is 0 Å². The van der Waals surface area contributed by atoms with Crippen LogP contribution in [0.3, 0.4) is 0 Å². The number of carbonyl (C=O) groups is 10. The van der Waals surface area contributed by atoms with Crippen LogP contribution in [-0.2, 0) is 47.9 Å². The average Bonchev–Trinajstić information content (AvgIpc) is 3.80. The quantitative estimate of drug-likeness (QED) is 0.0549. The fraction of sp³-hybridized carbons (Fsp3) is 0.706. The van der Waals surface area contributed by atoms with Gasteiger partial charge in [0, 0.05) is 13.1 Å². The van der Waals surface area contributed by atoms with Crippen LogP contribution in [0.1, 0.15) is 73.1 Å². The van der Waals surface area contributed by atoms with Crippen molar-refractivity contribution < 1.29 is 73.5 Å². The Morgan fingerprint density at radius 3 is 1.53 bits per heavy atom. The summed E-state index contributed by atoms with van der Waals surface area (Å²) < 4.78 is 0. The summed E-state index contributed by atoms with van der Waals surface area (Å²) in [6.45, 7) is 6.87. The van der Waals surface area contributed by atoms with E-state index in [-0.39, 0.29) is 32.4 Å². The number of aliphatic hydroxyl groups is 2. The molecule has 0 aliphatic carbocycles. The van der Waals surface area contributed by atoms with Gasteiger partial charge in [0.15, 0.2) is 6.04 Å². The van der Waals surface area contributed by atoms with E-state index in [0.29, 0.717) is 6.42 Å². The predicted octanol–water partition coefficient (Wildman–Crippen LogP) is -4.81. The SMILES string of the molecule is CC(C)[C@H](NC(=O)[C@@H]1CCCN1C(=O)[C@H](C)NC(=O)[C@@H](N)CC(=O)O)C(=O)N[C@H](C(=O)N1CCC[C@H]1C(=O)N[C@@H](CC(=O)O)C(=O)N[C@H](C(=O)O)[C@@H](C)O)[C@@H](C)O. The third-order valence-corrected chi connectivity index (χ3v) is 9.49. The van der Waals surface area contributed by atoms with E-state index in [4.69, 9.17) is 10.8 Å². The number of carboxylic acid groups (broad SMARTS) is 3. The lowest BCUT2D eigenvalue weighted by atomic mass is 10.0. The first-order valence-corrected chi connectivity index (χ1v) is 18.4. The molecule has 2 aliphatic heterocycles. The first-order chi connectivity index (χ1) is 26.5. The molecular weight excluding hydrogens is 760 g/mol.